The number of nitrogens with zero attached hydrogens (tertiary/aromatic N) is 1. The Morgan fingerprint density at radius 3 is 2.61 bits per heavy atom. The number of amides is 1. The van der Waals surface area contributed by atoms with Crippen LogP contribution in [0.2, 0.25) is 0 Å². The Hall–Kier alpha value is -2.41. The number of hydrogen-bond acceptors (Lipinski definition) is 3. The normalized spacial score (nSPS) is 14.0. The molecule has 0 saturated heterocycles. The summed E-state index contributed by atoms with van der Waals surface area (Å²) in [5, 5.41) is 0. The molecule has 0 aliphatic heterocycles. The lowest BCUT2D eigenvalue weighted by atomic mass is 10.1. The summed E-state index contributed by atoms with van der Waals surface area (Å²) in [5.74, 6) is -0.105. The molecule has 2 aromatic carbocycles. The van der Waals surface area contributed by atoms with Crippen molar-refractivity contribution in [2.24, 2.45) is 5.92 Å². The van der Waals surface area contributed by atoms with Crippen LogP contribution in [0.25, 0.3) is 0 Å². The van der Waals surface area contributed by atoms with Gasteiger partial charge < -0.3 is 4.90 Å². The molecule has 1 aliphatic carbocycles. The second-order valence-electron chi connectivity index (χ2n) is 7.29. The molecule has 1 fully saturated rings. The second kappa shape index (κ2) is 8.31. The lowest BCUT2D eigenvalue weighted by molar-refractivity contribution is 0.0747. The molecule has 0 unspecified atom stereocenters. The molecule has 3 rings (SSSR count). The topological polar surface area (TPSA) is 66.5 Å². The molecule has 5 nitrogen and oxygen atoms in total. The summed E-state index contributed by atoms with van der Waals surface area (Å²) in [6.45, 7) is 5.01. The Kier molecular flexibility index (Phi) is 6.03. The van der Waals surface area contributed by atoms with Crippen molar-refractivity contribution < 1.29 is 17.6 Å². The van der Waals surface area contributed by atoms with Gasteiger partial charge in [-0.15, -0.1) is 0 Å². The number of carbonyl (C=O) groups excluding carboxylic acids is 1. The van der Waals surface area contributed by atoms with E-state index < -0.39 is 15.8 Å². The van der Waals surface area contributed by atoms with E-state index in [0.717, 1.165) is 31.9 Å². The van der Waals surface area contributed by atoms with Gasteiger partial charge in [-0.2, -0.15) is 0 Å². The maximum absolute atomic E-state index is 13.7. The van der Waals surface area contributed by atoms with Crippen LogP contribution in [0.3, 0.4) is 0 Å². The summed E-state index contributed by atoms with van der Waals surface area (Å²) < 4.78 is 41.3. The standard InChI is InChI=1S/C21H25FN2O3S/c1-3-11-24(14-16-8-9-16)21(25)17-5-4-6-18(12-17)23-28(26,27)19-10-7-15(2)20(22)13-19/h4-7,10,12-13,16,23H,3,8-9,11,14H2,1-2H3. The molecule has 0 aromatic heterocycles. The van der Waals surface area contributed by atoms with Crippen LogP contribution in [0.4, 0.5) is 10.1 Å². The van der Waals surface area contributed by atoms with Crippen molar-refractivity contribution in [3.05, 3.63) is 59.4 Å². The van der Waals surface area contributed by atoms with E-state index in [1.807, 2.05) is 11.8 Å². The van der Waals surface area contributed by atoms with Crippen LogP contribution in [0.15, 0.2) is 47.4 Å². The van der Waals surface area contributed by atoms with Crippen molar-refractivity contribution in [2.45, 2.75) is 38.0 Å². The van der Waals surface area contributed by atoms with Gasteiger partial charge in [0.2, 0.25) is 0 Å². The minimum atomic E-state index is -3.95. The van der Waals surface area contributed by atoms with Gasteiger partial charge in [0.1, 0.15) is 5.82 Å². The number of anilines is 1. The molecule has 150 valence electrons. The lowest BCUT2D eigenvalue weighted by Gasteiger charge is -2.22. The minimum absolute atomic E-state index is 0.101. The molecule has 2 aromatic rings. The molecule has 1 N–H and O–H groups in total. The first-order valence-electron chi connectivity index (χ1n) is 9.48. The average molecular weight is 405 g/mol. The number of benzene rings is 2. The van der Waals surface area contributed by atoms with E-state index in [-0.39, 0.29) is 16.5 Å². The molecule has 0 spiro atoms. The second-order valence-corrected chi connectivity index (χ2v) is 8.97. The van der Waals surface area contributed by atoms with E-state index in [4.69, 9.17) is 0 Å². The monoisotopic (exact) mass is 404 g/mol. The van der Waals surface area contributed by atoms with Gasteiger partial charge in [0.15, 0.2) is 0 Å². The summed E-state index contributed by atoms with van der Waals surface area (Å²) in [6, 6.07) is 10.2. The van der Waals surface area contributed by atoms with E-state index in [1.54, 1.807) is 25.1 Å². The molecule has 0 heterocycles. The number of sulfonamides is 1. The quantitative estimate of drug-likeness (QED) is 0.717. The highest BCUT2D eigenvalue weighted by Crippen LogP contribution is 2.30. The van der Waals surface area contributed by atoms with Crippen LogP contribution in [-0.4, -0.2) is 32.3 Å². The van der Waals surface area contributed by atoms with Crippen LogP contribution in [0.5, 0.6) is 0 Å². The Morgan fingerprint density at radius 1 is 1.21 bits per heavy atom. The van der Waals surface area contributed by atoms with E-state index in [0.29, 0.717) is 23.6 Å². The summed E-state index contributed by atoms with van der Waals surface area (Å²) in [7, 11) is -3.95. The maximum atomic E-state index is 13.7. The maximum Gasteiger partial charge on any atom is 0.261 e. The smallest absolute Gasteiger partial charge is 0.261 e. The first-order valence-corrected chi connectivity index (χ1v) is 11.0. The molecule has 1 aliphatic rings. The zero-order chi connectivity index (χ0) is 20.3. The molecular formula is C21H25FN2O3S. The fraction of sp³-hybridized carbons (Fsp3) is 0.381. The third-order valence-electron chi connectivity index (χ3n) is 4.77. The fourth-order valence-corrected chi connectivity index (χ4v) is 4.07. The molecule has 1 saturated carbocycles. The number of hydrogen-bond donors (Lipinski definition) is 1. The average Bonchev–Trinajstić information content (AvgIpc) is 3.47. The van der Waals surface area contributed by atoms with Crippen molar-refractivity contribution >= 4 is 21.6 Å². The van der Waals surface area contributed by atoms with Crippen LogP contribution in [0.1, 0.15) is 42.1 Å². The van der Waals surface area contributed by atoms with Crippen LogP contribution in [-0.2, 0) is 10.0 Å². The van der Waals surface area contributed by atoms with E-state index in [1.165, 1.54) is 18.2 Å². The number of halogens is 1. The predicted molar refractivity (Wildman–Crippen MR) is 107 cm³/mol. The Balaban J connectivity index is 1.80. The van der Waals surface area contributed by atoms with Gasteiger partial charge in [-0.05, 0) is 68.0 Å². The first-order chi connectivity index (χ1) is 13.3. The first kappa shape index (κ1) is 20.3. The highest BCUT2D eigenvalue weighted by atomic mass is 32.2. The highest BCUT2D eigenvalue weighted by molar-refractivity contribution is 7.92. The third-order valence-corrected chi connectivity index (χ3v) is 6.15. The largest absolute Gasteiger partial charge is 0.338 e. The van der Waals surface area contributed by atoms with E-state index >= 15 is 0 Å². The van der Waals surface area contributed by atoms with Gasteiger partial charge in [-0.1, -0.05) is 19.1 Å². The number of rotatable bonds is 8. The fourth-order valence-electron chi connectivity index (χ4n) is 3.01. The number of aryl methyl sites for hydroxylation is 1. The molecular weight excluding hydrogens is 379 g/mol. The van der Waals surface area contributed by atoms with Gasteiger partial charge in [-0.3, -0.25) is 9.52 Å². The van der Waals surface area contributed by atoms with Gasteiger partial charge in [0.25, 0.3) is 15.9 Å². The zero-order valence-corrected chi connectivity index (χ0v) is 16.9. The Labute approximate surface area is 165 Å². The summed E-state index contributed by atoms with van der Waals surface area (Å²) >= 11 is 0. The molecule has 28 heavy (non-hydrogen) atoms. The van der Waals surface area contributed by atoms with Crippen molar-refractivity contribution in [1.29, 1.82) is 0 Å². The molecule has 7 heteroatoms. The zero-order valence-electron chi connectivity index (χ0n) is 16.1. The van der Waals surface area contributed by atoms with Crippen LogP contribution >= 0.6 is 0 Å². The Bertz CT molecular complexity index is 971. The van der Waals surface area contributed by atoms with Crippen LogP contribution in [0, 0.1) is 18.7 Å². The number of nitrogens with one attached hydrogen (secondary N) is 1. The Morgan fingerprint density at radius 2 is 1.96 bits per heavy atom. The number of carbonyl (C=O) groups is 1. The van der Waals surface area contributed by atoms with Gasteiger partial charge in [0.05, 0.1) is 4.90 Å². The van der Waals surface area contributed by atoms with E-state index in [9.17, 15) is 17.6 Å². The molecule has 0 atom stereocenters. The van der Waals surface area contributed by atoms with Crippen molar-refractivity contribution in [3.63, 3.8) is 0 Å². The van der Waals surface area contributed by atoms with Crippen molar-refractivity contribution in [2.75, 3.05) is 17.8 Å². The summed E-state index contributed by atoms with van der Waals surface area (Å²) in [6.07, 6.45) is 3.17. The summed E-state index contributed by atoms with van der Waals surface area (Å²) in [5.41, 5.74) is 1.08. The molecule has 0 bridgehead atoms. The highest BCUT2D eigenvalue weighted by Gasteiger charge is 2.27. The van der Waals surface area contributed by atoms with Gasteiger partial charge in [-0.25, -0.2) is 12.8 Å². The molecule has 0 radical (unpaired) electrons. The van der Waals surface area contributed by atoms with Crippen molar-refractivity contribution in [1.82, 2.24) is 4.90 Å². The van der Waals surface area contributed by atoms with Crippen LogP contribution < -0.4 is 4.72 Å². The molecule has 1 amide bonds. The lowest BCUT2D eigenvalue weighted by Crippen LogP contribution is -2.33. The minimum Gasteiger partial charge on any atom is -0.338 e. The predicted octanol–water partition coefficient (Wildman–Crippen LogP) is 4.20. The van der Waals surface area contributed by atoms with E-state index in [2.05, 4.69) is 4.72 Å². The third kappa shape index (κ3) is 4.90. The van der Waals surface area contributed by atoms with Crippen molar-refractivity contribution in [3.8, 4) is 0 Å². The SMILES string of the molecule is CCCN(CC1CC1)C(=O)c1cccc(NS(=O)(=O)c2ccc(C)c(F)c2)c1. The van der Waals surface area contributed by atoms with Gasteiger partial charge >= 0.3 is 0 Å². The summed E-state index contributed by atoms with van der Waals surface area (Å²) in [4.78, 5) is 14.5. The van der Waals surface area contributed by atoms with Gasteiger partial charge in [0, 0.05) is 24.3 Å².